The Morgan fingerprint density at radius 1 is 1.12 bits per heavy atom. The summed E-state index contributed by atoms with van der Waals surface area (Å²) in [6.07, 6.45) is 0. The van der Waals surface area contributed by atoms with Gasteiger partial charge in [0.2, 0.25) is 5.91 Å². The van der Waals surface area contributed by atoms with Crippen LogP contribution in [0.5, 0.6) is 0 Å². The molecule has 0 radical (unpaired) electrons. The van der Waals surface area contributed by atoms with E-state index in [1.54, 1.807) is 24.3 Å². The number of amides is 1. The van der Waals surface area contributed by atoms with Crippen LogP contribution >= 0.6 is 0 Å². The second-order valence-electron chi connectivity index (χ2n) is 6.25. The van der Waals surface area contributed by atoms with E-state index in [-0.39, 0.29) is 23.4 Å². The molecule has 24 heavy (non-hydrogen) atoms. The van der Waals surface area contributed by atoms with Crippen molar-refractivity contribution in [1.29, 1.82) is 0 Å². The SMILES string of the molecule is Cc1ccc2c(c1)-c1ccccc1S(=O)(=O)N2CC(=O)NC(C)C. The van der Waals surface area contributed by atoms with Crippen molar-refractivity contribution in [2.75, 3.05) is 10.8 Å². The zero-order valence-electron chi connectivity index (χ0n) is 13.9. The molecule has 3 rings (SSSR count). The highest BCUT2D eigenvalue weighted by molar-refractivity contribution is 7.93. The summed E-state index contributed by atoms with van der Waals surface area (Å²) in [4.78, 5) is 12.4. The highest BCUT2D eigenvalue weighted by atomic mass is 32.2. The van der Waals surface area contributed by atoms with Crippen LogP contribution in [0.25, 0.3) is 11.1 Å². The molecule has 1 aliphatic heterocycles. The predicted molar refractivity (Wildman–Crippen MR) is 94.4 cm³/mol. The maximum absolute atomic E-state index is 13.0. The maximum atomic E-state index is 13.0. The first kappa shape index (κ1) is 16.5. The minimum atomic E-state index is -3.77. The normalized spacial score (nSPS) is 14.9. The van der Waals surface area contributed by atoms with Crippen molar-refractivity contribution in [2.24, 2.45) is 0 Å². The van der Waals surface area contributed by atoms with E-state index in [9.17, 15) is 13.2 Å². The predicted octanol–water partition coefficient (Wildman–Crippen LogP) is 2.70. The van der Waals surface area contributed by atoms with Crippen LogP contribution in [0.1, 0.15) is 19.4 Å². The lowest BCUT2D eigenvalue weighted by Gasteiger charge is -2.32. The third-order valence-corrected chi connectivity index (χ3v) is 5.72. The average Bonchev–Trinajstić information content (AvgIpc) is 2.51. The Morgan fingerprint density at radius 3 is 2.54 bits per heavy atom. The van der Waals surface area contributed by atoms with Gasteiger partial charge in [0.15, 0.2) is 0 Å². The molecule has 0 atom stereocenters. The monoisotopic (exact) mass is 344 g/mol. The first-order valence-corrected chi connectivity index (χ1v) is 9.27. The van der Waals surface area contributed by atoms with Gasteiger partial charge in [-0.1, -0.05) is 29.8 Å². The summed E-state index contributed by atoms with van der Waals surface area (Å²) >= 11 is 0. The molecule has 0 saturated heterocycles. The minimum Gasteiger partial charge on any atom is -0.352 e. The van der Waals surface area contributed by atoms with Gasteiger partial charge in [-0.15, -0.1) is 0 Å². The van der Waals surface area contributed by atoms with Gasteiger partial charge < -0.3 is 5.32 Å². The molecule has 5 nitrogen and oxygen atoms in total. The summed E-state index contributed by atoms with van der Waals surface area (Å²) < 4.78 is 27.2. The van der Waals surface area contributed by atoms with E-state index in [0.29, 0.717) is 11.3 Å². The van der Waals surface area contributed by atoms with Crippen molar-refractivity contribution < 1.29 is 13.2 Å². The Hall–Kier alpha value is -2.34. The van der Waals surface area contributed by atoms with Crippen LogP contribution in [0, 0.1) is 6.92 Å². The standard InChI is InChI=1S/C18H20N2O3S/c1-12(2)19-18(21)11-20-16-9-8-13(3)10-15(16)14-6-4-5-7-17(14)24(20,22)23/h4-10,12H,11H2,1-3H3,(H,19,21). The number of fused-ring (bicyclic) bond motifs is 3. The lowest BCUT2D eigenvalue weighted by atomic mass is 10.0. The van der Waals surface area contributed by atoms with Crippen LogP contribution < -0.4 is 9.62 Å². The molecule has 1 aliphatic rings. The Balaban J connectivity index is 2.15. The molecule has 0 aromatic heterocycles. The number of hydrogen-bond acceptors (Lipinski definition) is 3. The van der Waals surface area contributed by atoms with Crippen LogP contribution in [0.3, 0.4) is 0 Å². The summed E-state index contributed by atoms with van der Waals surface area (Å²) in [6, 6.07) is 12.4. The average molecular weight is 344 g/mol. The van der Waals surface area contributed by atoms with Crippen molar-refractivity contribution in [3.8, 4) is 11.1 Å². The quantitative estimate of drug-likeness (QED) is 0.931. The molecule has 0 unspecified atom stereocenters. The molecule has 1 amide bonds. The smallest absolute Gasteiger partial charge is 0.265 e. The number of sulfonamides is 1. The number of nitrogens with one attached hydrogen (secondary N) is 1. The Bertz CT molecular complexity index is 904. The summed E-state index contributed by atoms with van der Waals surface area (Å²) in [5.41, 5.74) is 3.09. The molecule has 0 fully saturated rings. The lowest BCUT2D eigenvalue weighted by Crippen LogP contribution is -2.44. The van der Waals surface area contributed by atoms with E-state index in [1.807, 2.05) is 39.0 Å². The number of anilines is 1. The summed E-state index contributed by atoms with van der Waals surface area (Å²) in [7, 11) is -3.77. The molecule has 2 aromatic carbocycles. The van der Waals surface area contributed by atoms with E-state index in [0.717, 1.165) is 11.1 Å². The number of carbonyl (C=O) groups excluding carboxylic acids is 1. The van der Waals surface area contributed by atoms with Crippen molar-refractivity contribution >= 4 is 21.6 Å². The van der Waals surface area contributed by atoms with Gasteiger partial charge in [0.1, 0.15) is 6.54 Å². The molecule has 6 heteroatoms. The lowest BCUT2D eigenvalue weighted by molar-refractivity contribution is -0.120. The summed E-state index contributed by atoms with van der Waals surface area (Å²) in [5, 5.41) is 2.75. The fourth-order valence-electron chi connectivity index (χ4n) is 2.91. The number of carbonyl (C=O) groups is 1. The van der Waals surface area contributed by atoms with E-state index in [1.165, 1.54) is 4.31 Å². The minimum absolute atomic E-state index is 0.0465. The van der Waals surface area contributed by atoms with E-state index >= 15 is 0 Å². The first-order chi connectivity index (χ1) is 11.3. The highest BCUT2D eigenvalue weighted by Gasteiger charge is 2.35. The van der Waals surface area contributed by atoms with Crippen molar-refractivity contribution in [2.45, 2.75) is 31.7 Å². The molecule has 2 aromatic rings. The molecular weight excluding hydrogens is 324 g/mol. The molecule has 1 heterocycles. The van der Waals surface area contributed by atoms with Crippen molar-refractivity contribution in [1.82, 2.24) is 5.32 Å². The molecule has 0 bridgehead atoms. The highest BCUT2D eigenvalue weighted by Crippen LogP contribution is 2.43. The number of benzene rings is 2. The summed E-state index contributed by atoms with van der Waals surface area (Å²) in [6.45, 7) is 5.41. The maximum Gasteiger partial charge on any atom is 0.265 e. The second kappa shape index (κ2) is 5.94. The molecule has 0 saturated carbocycles. The molecular formula is C18H20N2O3S. The number of nitrogens with zero attached hydrogens (tertiary/aromatic N) is 1. The number of aryl methyl sites for hydroxylation is 1. The van der Waals surface area contributed by atoms with Crippen LogP contribution in [-0.2, 0) is 14.8 Å². The molecule has 0 spiro atoms. The van der Waals surface area contributed by atoms with Gasteiger partial charge >= 0.3 is 0 Å². The Labute approximate surface area is 142 Å². The third-order valence-electron chi connectivity index (χ3n) is 3.90. The second-order valence-corrected chi connectivity index (χ2v) is 8.08. The molecule has 1 N–H and O–H groups in total. The number of hydrogen-bond donors (Lipinski definition) is 1. The van der Waals surface area contributed by atoms with Gasteiger partial charge in [-0.3, -0.25) is 9.10 Å². The fourth-order valence-corrected chi connectivity index (χ4v) is 4.56. The van der Waals surface area contributed by atoms with Crippen LogP contribution in [0.15, 0.2) is 47.4 Å². The fraction of sp³-hybridized carbons (Fsp3) is 0.278. The van der Waals surface area contributed by atoms with Gasteiger partial charge in [0.25, 0.3) is 10.0 Å². The van der Waals surface area contributed by atoms with Gasteiger partial charge in [-0.2, -0.15) is 0 Å². The van der Waals surface area contributed by atoms with Crippen LogP contribution in [0.2, 0.25) is 0 Å². The van der Waals surface area contributed by atoms with Crippen LogP contribution in [-0.4, -0.2) is 26.9 Å². The Kier molecular flexibility index (Phi) is 4.09. The van der Waals surface area contributed by atoms with E-state index in [2.05, 4.69) is 5.32 Å². The van der Waals surface area contributed by atoms with Gasteiger partial charge in [-0.05, 0) is 39.0 Å². The van der Waals surface area contributed by atoms with Crippen molar-refractivity contribution in [3.63, 3.8) is 0 Å². The third kappa shape index (κ3) is 2.78. The first-order valence-electron chi connectivity index (χ1n) is 7.83. The van der Waals surface area contributed by atoms with Crippen molar-refractivity contribution in [3.05, 3.63) is 48.0 Å². The Morgan fingerprint density at radius 2 is 1.83 bits per heavy atom. The zero-order valence-corrected chi connectivity index (χ0v) is 14.7. The van der Waals surface area contributed by atoms with E-state index in [4.69, 9.17) is 0 Å². The number of rotatable bonds is 3. The van der Waals surface area contributed by atoms with Crippen LogP contribution in [0.4, 0.5) is 5.69 Å². The molecule has 0 aliphatic carbocycles. The van der Waals surface area contributed by atoms with Gasteiger partial charge in [0, 0.05) is 17.2 Å². The van der Waals surface area contributed by atoms with Gasteiger partial charge in [0.05, 0.1) is 10.6 Å². The van der Waals surface area contributed by atoms with Gasteiger partial charge in [-0.25, -0.2) is 8.42 Å². The van der Waals surface area contributed by atoms with E-state index < -0.39 is 10.0 Å². The summed E-state index contributed by atoms with van der Waals surface area (Å²) in [5.74, 6) is -0.320. The molecule has 126 valence electrons. The largest absolute Gasteiger partial charge is 0.352 e. The zero-order chi connectivity index (χ0) is 17.5. The topological polar surface area (TPSA) is 66.5 Å².